The normalized spacial score (nSPS) is 10.3. The van der Waals surface area contributed by atoms with E-state index in [1.54, 1.807) is 12.1 Å². The number of rotatable bonds is 3. The zero-order valence-corrected chi connectivity index (χ0v) is 11.6. The fourth-order valence-corrected chi connectivity index (χ4v) is 2.22. The van der Waals surface area contributed by atoms with E-state index in [0.717, 1.165) is 11.4 Å². The Hall–Kier alpha value is -2.56. The zero-order valence-electron chi connectivity index (χ0n) is 11.6. The number of aromatic carboxylic acids is 1. The van der Waals surface area contributed by atoms with Crippen molar-refractivity contribution in [1.82, 2.24) is 4.57 Å². The molecule has 0 aliphatic carbocycles. The maximum atomic E-state index is 11.3. The first-order chi connectivity index (χ1) is 9.40. The molecule has 0 spiro atoms. The Kier molecular flexibility index (Phi) is 3.61. The first-order valence-corrected chi connectivity index (χ1v) is 6.18. The number of carboxylic acids is 1. The summed E-state index contributed by atoms with van der Waals surface area (Å²) in [4.78, 5) is 22.4. The highest BCUT2D eigenvalue weighted by molar-refractivity contribution is 5.95. The number of nitrogens with one attached hydrogen (secondary N) is 1. The van der Waals surface area contributed by atoms with Gasteiger partial charge in [-0.3, -0.25) is 4.79 Å². The second-order valence-electron chi connectivity index (χ2n) is 4.65. The molecule has 1 amide bonds. The Morgan fingerprint density at radius 2 is 1.70 bits per heavy atom. The summed E-state index contributed by atoms with van der Waals surface area (Å²) in [5.74, 6) is -1.53. The molecule has 5 nitrogen and oxygen atoms in total. The van der Waals surface area contributed by atoms with Crippen LogP contribution < -0.4 is 10.4 Å². The number of aromatic nitrogens is 1. The van der Waals surface area contributed by atoms with E-state index >= 15 is 0 Å². The molecule has 1 N–H and O–H groups in total. The van der Waals surface area contributed by atoms with Gasteiger partial charge in [0.25, 0.3) is 0 Å². The van der Waals surface area contributed by atoms with Crippen molar-refractivity contribution < 1.29 is 14.7 Å². The third-order valence-electron chi connectivity index (χ3n) is 3.05. The van der Waals surface area contributed by atoms with E-state index in [-0.39, 0.29) is 11.5 Å². The summed E-state index contributed by atoms with van der Waals surface area (Å²) in [7, 11) is 0. The van der Waals surface area contributed by atoms with Gasteiger partial charge in [-0.1, -0.05) is 0 Å². The van der Waals surface area contributed by atoms with Gasteiger partial charge in [-0.25, -0.2) is 0 Å². The molecule has 20 heavy (non-hydrogen) atoms. The number of amides is 1. The van der Waals surface area contributed by atoms with E-state index in [2.05, 4.69) is 5.32 Å². The number of carbonyl (C=O) groups excluding carboxylic acids is 2. The quantitative estimate of drug-likeness (QED) is 0.917. The Morgan fingerprint density at radius 3 is 2.20 bits per heavy atom. The van der Waals surface area contributed by atoms with Gasteiger partial charge in [0, 0.05) is 29.6 Å². The van der Waals surface area contributed by atoms with Gasteiger partial charge in [0.2, 0.25) is 5.91 Å². The smallest absolute Gasteiger partial charge is 0.221 e. The lowest BCUT2D eigenvalue weighted by Gasteiger charge is -2.17. The second kappa shape index (κ2) is 5.21. The summed E-state index contributed by atoms with van der Waals surface area (Å²) in [6, 6.07) is 8.57. The fraction of sp³-hybridized carbons (Fsp3) is 0.200. The minimum absolute atomic E-state index is 0.0404. The molecule has 104 valence electrons. The topological polar surface area (TPSA) is 74.2 Å². The molecule has 0 aliphatic rings. The number of nitrogens with zero attached hydrogens (tertiary/aromatic N) is 1. The molecular formula is C15H15N2O3-. The lowest BCUT2D eigenvalue weighted by molar-refractivity contribution is -0.255. The van der Waals surface area contributed by atoms with Crippen molar-refractivity contribution in [2.24, 2.45) is 0 Å². The van der Waals surface area contributed by atoms with Crippen LogP contribution >= 0.6 is 0 Å². The minimum Gasteiger partial charge on any atom is -0.545 e. The van der Waals surface area contributed by atoms with Crippen LogP contribution in [0.15, 0.2) is 30.3 Å². The first-order valence-electron chi connectivity index (χ1n) is 6.18. The lowest BCUT2D eigenvalue weighted by Crippen LogP contribution is -2.24. The van der Waals surface area contributed by atoms with E-state index in [0.29, 0.717) is 11.4 Å². The number of hydrogen-bond acceptors (Lipinski definition) is 3. The molecule has 0 saturated carbocycles. The summed E-state index contributed by atoms with van der Waals surface area (Å²) in [5, 5.41) is 13.9. The van der Waals surface area contributed by atoms with Gasteiger partial charge < -0.3 is 19.8 Å². The van der Waals surface area contributed by atoms with Crippen LogP contribution in [0.3, 0.4) is 0 Å². The number of hydrogen-bond donors (Lipinski definition) is 1. The SMILES string of the molecule is CC(=O)Nc1ccc(-n2c(C)ccc2C)c(C(=O)[O-])c1. The second-order valence-corrected chi connectivity index (χ2v) is 4.65. The Balaban J connectivity index is 2.59. The maximum Gasteiger partial charge on any atom is 0.221 e. The number of carbonyl (C=O) groups is 2. The highest BCUT2D eigenvalue weighted by Crippen LogP contribution is 2.23. The minimum atomic E-state index is -1.28. The third kappa shape index (κ3) is 2.56. The van der Waals surface area contributed by atoms with Crippen molar-refractivity contribution >= 4 is 17.6 Å². The molecule has 0 bridgehead atoms. The number of anilines is 1. The third-order valence-corrected chi connectivity index (χ3v) is 3.05. The molecule has 1 heterocycles. The molecule has 0 unspecified atom stereocenters. The number of aryl methyl sites for hydroxylation is 2. The van der Waals surface area contributed by atoms with E-state index in [1.165, 1.54) is 13.0 Å². The fourth-order valence-electron chi connectivity index (χ4n) is 2.22. The van der Waals surface area contributed by atoms with Crippen LogP contribution in [-0.2, 0) is 4.79 Å². The van der Waals surface area contributed by atoms with Crippen molar-refractivity contribution in [3.8, 4) is 5.69 Å². The van der Waals surface area contributed by atoms with Crippen molar-refractivity contribution in [2.45, 2.75) is 20.8 Å². The van der Waals surface area contributed by atoms with Crippen LogP contribution in [-0.4, -0.2) is 16.4 Å². The highest BCUT2D eigenvalue weighted by Gasteiger charge is 2.11. The standard InChI is InChI=1S/C15H16N2O3/c1-9-4-5-10(2)17(9)14-7-6-12(16-11(3)18)8-13(14)15(19)20/h4-8H,1-3H3,(H,16,18)(H,19,20)/p-1. The zero-order chi connectivity index (χ0) is 14.9. The van der Waals surface area contributed by atoms with Gasteiger partial charge in [-0.15, -0.1) is 0 Å². The van der Waals surface area contributed by atoms with Gasteiger partial charge in [0.15, 0.2) is 0 Å². The summed E-state index contributed by atoms with van der Waals surface area (Å²) in [6.45, 7) is 5.16. The molecule has 2 aromatic rings. The predicted molar refractivity (Wildman–Crippen MR) is 73.9 cm³/mol. The summed E-state index contributed by atoms with van der Waals surface area (Å²) in [5.41, 5.74) is 2.86. The van der Waals surface area contributed by atoms with Crippen LogP contribution in [0.5, 0.6) is 0 Å². The molecule has 2 rings (SSSR count). The molecule has 1 aromatic carbocycles. The predicted octanol–water partition coefficient (Wildman–Crippen LogP) is 1.42. The van der Waals surface area contributed by atoms with Gasteiger partial charge in [-0.05, 0) is 44.2 Å². The Morgan fingerprint density at radius 1 is 1.10 bits per heavy atom. The molecular weight excluding hydrogens is 256 g/mol. The number of carboxylic acid groups (broad SMARTS) is 1. The highest BCUT2D eigenvalue weighted by atomic mass is 16.4. The van der Waals surface area contributed by atoms with Crippen molar-refractivity contribution in [3.05, 3.63) is 47.3 Å². The largest absolute Gasteiger partial charge is 0.545 e. The Labute approximate surface area is 116 Å². The van der Waals surface area contributed by atoms with E-state index < -0.39 is 5.97 Å². The van der Waals surface area contributed by atoms with Crippen LogP contribution in [0.2, 0.25) is 0 Å². The summed E-state index contributed by atoms with van der Waals surface area (Å²) < 4.78 is 1.84. The van der Waals surface area contributed by atoms with Crippen LogP contribution in [0.1, 0.15) is 28.7 Å². The molecule has 0 fully saturated rings. The van der Waals surface area contributed by atoms with Crippen molar-refractivity contribution in [1.29, 1.82) is 0 Å². The first kappa shape index (κ1) is 13.9. The van der Waals surface area contributed by atoms with Gasteiger partial charge in [-0.2, -0.15) is 0 Å². The van der Waals surface area contributed by atoms with Gasteiger partial charge in [0.05, 0.1) is 11.7 Å². The molecule has 5 heteroatoms. The molecule has 0 saturated heterocycles. The average molecular weight is 271 g/mol. The van der Waals surface area contributed by atoms with Crippen molar-refractivity contribution in [2.75, 3.05) is 5.32 Å². The van der Waals surface area contributed by atoms with E-state index in [4.69, 9.17) is 0 Å². The number of benzene rings is 1. The molecule has 0 radical (unpaired) electrons. The molecule has 0 atom stereocenters. The average Bonchev–Trinajstić information content (AvgIpc) is 2.68. The maximum absolute atomic E-state index is 11.3. The summed E-state index contributed by atoms with van der Waals surface area (Å²) >= 11 is 0. The lowest BCUT2D eigenvalue weighted by atomic mass is 10.1. The van der Waals surface area contributed by atoms with Gasteiger partial charge >= 0.3 is 0 Å². The molecule has 1 aromatic heterocycles. The van der Waals surface area contributed by atoms with Crippen molar-refractivity contribution in [3.63, 3.8) is 0 Å². The van der Waals surface area contributed by atoms with E-state index in [1.807, 2.05) is 30.5 Å². The van der Waals surface area contributed by atoms with Crippen LogP contribution in [0, 0.1) is 13.8 Å². The summed E-state index contributed by atoms with van der Waals surface area (Å²) in [6.07, 6.45) is 0. The van der Waals surface area contributed by atoms with Crippen LogP contribution in [0.4, 0.5) is 5.69 Å². The van der Waals surface area contributed by atoms with Gasteiger partial charge in [0.1, 0.15) is 0 Å². The Bertz CT molecular complexity index is 667. The monoisotopic (exact) mass is 271 g/mol. The molecule has 0 aliphatic heterocycles. The van der Waals surface area contributed by atoms with E-state index in [9.17, 15) is 14.7 Å². The van der Waals surface area contributed by atoms with Crippen LogP contribution in [0.25, 0.3) is 5.69 Å².